The number of hydrogen-bond donors (Lipinski definition) is 2. The molecule has 0 amide bonds. The fourth-order valence-corrected chi connectivity index (χ4v) is 1.22. The molecule has 0 radical (unpaired) electrons. The Morgan fingerprint density at radius 1 is 1.47 bits per heavy atom. The zero-order valence-electron chi connectivity index (χ0n) is 8.28. The quantitative estimate of drug-likeness (QED) is 0.811. The Labute approximate surface area is 86.5 Å². The number of aromatic hydroxyl groups is 1. The minimum atomic E-state index is -2.72. The van der Waals surface area contributed by atoms with E-state index < -0.39 is 12.5 Å². The SMILES string of the molecule is CCOc1cccc(C(N)C(F)F)c1O. The Morgan fingerprint density at radius 2 is 2.13 bits per heavy atom. The minimum absolute atomic E-state index is 0.00375. The summed E-state index contributed by atoms with van der Waals surface area (Å²) in [4.78, 5) is 0. The van der Waals surface area contributed by atoms with Gasteiger partial charge in [0.25, 0.3) is 6.43 Å². The molecule has 1 aromatic carbocycles. The van der Waals surface area contributed by atoms with E-state index in [0.29, 0.717) is 6.61 Å². The molecule has 0 bridgehead atoms. The van der Waals surface area contributed by atoms with Gasteiger partial charge in [0.05, 0.1) is 12.6 Å². The summed E-state index contributed by atoms with van der Waals surface area (Å²) in [6, 6.07) is 2.88. The van der Waals surface area contributed by atoms with Crippen LogP contribution >= 0.6 is 0 Å². The van der Waals surface area contributed by atoms with Crippen LogP contribution in [0.25, 0.3) is 0 Å². The molecule has 15 heavy (non-hydrogen) atoms. The maximum absolute atomic E-state index is 12.3. The summed E-state index contributed by atoms with van der Waals surface area (Å²) in [6.07, 6.45) is -2.72. The lowest BCUT2D eigenvalue weighted by Gasteiger charge is -2.14. The standard InChI is InChI=1S/C10H13F2NO2/c1-2-15-7-5-3-4-6(9(7)14)8(13)10(11)12/h3-5,8,10,14H,2,13H2,1H3. The monoisotopic (exact) mass is 217 g/mol. The minimum Gasteiger partial charge on any atom is -0.504 e. The summed E-state index contributed by atoms with van der Waals surface area (Å²) in [5, 5.41) is 9.60. The van der Waals surface area contributed by atoms with Gasteiger partial charge < -0.3 is 15.6 Å². The number of rotatable bonds is 4. The van der Waals surface area contributed by atoms with Crippen LogP contribution in [0.1, 0.15) is 18.5 Å². The van der Waals surface area contributed by atoms with Crippen molar-refractivity contribution in [3.63, 3.8) is 0 Å². The first-order chi connectivity index (χ1) is 7.07. The third kappa shape index (κ3) is 2.56. The van der Waals surface area contributed by atoms with Gasteiger partial charge in [-0.3, -0.25) is 0 Å². The van der Waals surface area contributed by atoms with E-state index in [-0.39, 0.29) is 17.1 Å². The summed E-state index contributed by atoms with van der Waals surface area (Å²) < 4.78 is 29.7. The van der Waals surface area contributed by atoms with Gasteiger partial charge in [-0.2, -0.15) is 0 Å². The molecular formula is C10H13F2NO2. The summed E-state index contributed by atoms with van der Waals surface area (Å²) in [7, 11) is 0. The third-order valence-electron chi connectivity index (χ3n) is 1.96. The highest BCUT2D eigenvalue weighted by atomic mass is 19.3. The van der Waals surface area contributed by atoms with Crippen LogP contribution in [0, 0.1) is 0 Å². The molecule has 5 heteroatoms. The summed E-state index contributed by atoms with van der Waals surface area (Å²) in [6.45, 7) is 2.08. The van der Waals surface area contributed by atoms with Crippen LogP contribution in [0.15, 0.2) is 18.2 Å². The first-order valence-electron chi connectivity index (χ1n) is 4.56. The number of hydrogen-bond acceptors (Lipinski definition) is 3. The third-order valence-corrected chi connectivity index (χ3v) is 1.96. The van der Waals surface area contributed by atoms with Crippen molar-refractivity contribution in [1.29, 1.82) is 0 Å². The van der Waals surface area contributed by atoms with Crippen molar-refractivity contribution >= 4 is 0 Å². The Morgan fingerprint density at radius 3 is 2.67 bits per heavy atom. The van der Waals surface area contributed by atoms with Gasteiger partial charge in [0, 0.05) is 5.56 Å². The molecule has 0 aliphatic rings. The smallest absolute Gasteiger partial charge is 0.257 e. The molecule has 0 aromatic heterocycles. The van der Waals surface area contributed by atoms with Gasteiger partial charge in [0.1, 0.15) is 0 Å². The zero-order valence-corrected chi connectivity index (χ0v) is 8.28. The Kier molecular flexibility index (Phi) is 3.85. The van der Waals surface area contributed by atoms with E-state index in [4.69, 9.17) is 10.5 Å². The molecule has 1 atom stereocenters. The van der Waals surface area contributed by atoms with Crippen LogP contribution in [0.2, 0.25) is 0 Å². The van der Waals surface area contributed by atoms with Gasteiger partial charge in [-0.15, -0.1) is 0 Å². The second kappa shape index (κ2) is 4.93. The lowest BCUT2D eigenvalue weighted by Crippen LogP contribution is -2.19. The second-order valence-electron chi connectivity index (χ2n) is 2.99. The van der Waals surface area contributed by atoms with Gasteiger partial charge in [0.15, 0.2) is 11.5 Å². The number of phenolic OH excluding ortho intramolecular Hbond substituents is 1. The van der Waals surface area contributed by atoms with E-state index in [2.05, 4.69) is 0 Å². The zero-order chi connectivity index (χ0) is 11.4. The maximum atomic E-state index is 12.3. The first-order valence-corrected chi connectivity index (χ1v) is 4.56. The number of alkyl halides is 2. The van der Waals surface area contributed by atoms with Crippen LogP contribution in [0.5, 0.6) is 11.5 Å². The Hall–Kier alpha value is -1.36. The lowest BCUT2D eigenvalue weighted by atomic mass is 10.1. The predicted molar refractivity (Wildman–Crippen MR) is 52.2 cm³/mol. The largest absolute Gasteiger partial charge is 0.504 e. The van der Waals surface area contributed by atoms with Crippen LogP contribution in [-0.4, -0.2) is 18.1 Å². The highest BCUT2D eigenvalue weighted by Gasteiger charge is 2.22. The van der Waals surface area contributed by atoms with Crippen molar-refractivity contribution in [2.24, 2.45) is 5.73 Å². The molecular weight excluding hydrogens is 204 g/mol. The number of phenols is 1. The van der Waals surface area contributed by atoms with E-state index in [1.807, 2.05) is 0 Å². The van der Waals surface area contributed by atoms with Gasteiger partial charge in [-0.25, -0.2) is 8.78 Å². The van der Waals surface area contributed by atoms with Crippen molar-refractivity contribution in [2.45, 2.75) is 19.4 Å². The fourth-order valence-electron chi connectivity index (χ4n) is 1.22. The van der Waals surface area contributed by atoms with Crippen molar-refractivity contribution in [3.05, 3.63) is 23.8 Å². The number of halogens is 2. The molecule has 0 aliphatic heterocycles. The molecule has 3 nitrogen and oxygen atoms in total. The summed E-state index contributed by atoms with van der Waals surface area (Å²) in [5.41, 5.74) is 5.23. The molecule has 1 unspecified atom stereocenters. The molecule has 1 rings (SSSR count). The van der Waals surface area contributed by atoms with E-state index in [9.17, 15) is 13.9 Å². The molecule has 0 aliphatic carbocycles. The van der Waals surface area contributed by atoms with Crippen LogP contribution in [0.4, 0.5) is 8.78 Å². The molecule has 0 spiro atoms. The van der Waals surface area contributed by atoms with Crippen molar-refractivity contribution in [3.8, 4) is 11.5 Å². The average molecular weight is 217 g/mol. The second-order valence-corrected chi connectivity index (χ2v) is 2.99. The van der Waals surface area contributed by atoms with Gasteiger partial charge in [-0.1, -0.05) is 12.1 Å². The van der Waals surface area contributed by atoms with Crippen molar-refractivity contribution in [1.82, 2.24) is 0 Å². The Bertz CT molecular complexity index is 331. The molecule has 1 aromatic rings. The molecule has 0 saturated heterocycles. The number of nitrogens with two attached hydrogens (primary N) is 1. The fraction of sp³-hybridized carbons (Fsp3) is 0.400. The van der Waals surface area contributed by atoms with E-state index in [1.54, 1.807) is 6.92 Å². The Balaban J connectivity index is 3.03. The first kappa shape index (κ1) is 11.7. The predicted octanol–water partition coefficient (Wildman–Crippen LogP) is 2.06. The van der Waals surface area contributed by atoms with Gasteiger partial charge in [0.2, 0.25) is 0 Å². The number of para-hydroxylation sites is 1. The van der Waals surface area contributed by atoms with Crippen LogP contribution < -0.4 is 10.5 Å². The molecule has 3 N–H and O–H groups in total. The maximum Gasteiger partial charge on any atom is 0.257 e. The van der Waals surface area contributed by atoms with E-state index in [0.717, 1.165) is 0 Å². The van der Waals surface area contributed by atoms with Gasteiger partial charge >= 0.3 is 0 Å². The molecule has 0 heterocycles. The summed E-state index contributed by atoms with van der Waals surface area (Å²) in [5.74, 6) is -0.141. The highest BCUT2D eigenvalue weighted by Crippen LogP contribution is 2.34. The number of benzene rings is 1. The topological polar surface area (TPSA) is 55.5 Å². The van der Waals surface area contributed by atoms with Crippen molar-refractivity contribution < 1.29 is 18.6 Å². The summed E-state index contributed by atoms with van der Waals surface area (Å²) >= 11 is 0. The van der Waals surface area contributed by atoms with E-state index >= 15 is 0 Å². The average Bonchev–Trinajstić information content (AvgIpc) is 2.20. The van der Waals surface area contributed by atoms with Crippen LogP contribution in [-0.2, 0) is 0 Å². The van der Waals surface area contributed by atoms with Crippen LogP contribution in [0.3, 0.4) is 0 Å². The normalized spacial score (nSPS) is 12.9. The van der Waals surface area contributed by atoms with Gasteiger partial charge in [-0.05, 0) is 13.0 Å². The van der Waals surface area contributed by atoms with Crippen molar-refractivity contribution in [2.75, 3.05) is 6.61 Å². The highest BCUT2D eigenvalue weighted by molar-refractivity contribution is 5.47. The molecule has 0 fully saturated rings. The number of ether oxygens (including phenoxy) is 1. The molecule has 0 saturated carbocycles. The molecule has 84 valence electrons. The lowest BCUT2D eigenvalue weighted by molar-refractivity contribution is 0.115. The van der Waals surface area contributed by atoms with E-state index in [1.165, 1.54) is 18.2 Å².